The van der Waals surface area contributed by atoms with Gasteiger partial charge in [-0.15, -0.1) is 0 Å². The molecule has 0 aromatic heterocycles. The molecule has 0 bridgehead atoms. The van der Waals surface area contributed by atoms with Gasteiger partial charge in [-0.25, -0.2) is 0 Å². The second-order valence-electron chi connectivity index (χ2n) is 7.18. The van der Waals surface area contributed by atoms with Gasteiger partial charge in [-0.1, -0.05) is 31.6 Å². The van der Waals surface area contributed by atoms with E-state index < -0.39 is 0 Å². The van der Waals surface area contributed by atoms with Gasteiger partial charge in [-0.05, 0) is 55.3 Å². The molecule has 0 aliphatic carbocycles. The highest BCUT2D eigenvalue weighted by Crippen LogP contribution is 2.49. The highest BCUT2D eigenvalue weighted by Gasteiger charge is 2.34. The first-order valence-corrected chi connectivity index (χ1v) is 8.48. The van der Waals surface area contributed by atoms with Crippen LogP contribution in [0.1, 0.15) is 56.4 Å². The predicted molar refractivity (Wildman–Crippen MR) is 98.0 cm³/mol. The molecule has 3 nitrogen and oxygen atoms in total. The highest BCUT2D eigenvalue weighted by molar-refractivity contribution is 5.96. The summed E-state index contributed by atoms with van der Waals surface area (Å²) in [5.41, 5.74) is 4.35. The van der Waals surface area contributed by atoms with Gasteiger partial charge >= 0.3 is 0 Å². The van der Waals surface area contributed by atoms with E-state index in [0.717, 1.165) is 33.0 Å². The number of benzene rings is 2. The number of hydrogen-bond donors (Lipinski definition) is 1. The number of hydrogen-bond acceptors (Lipinski definition) is 3. The number of allylic oxidation sites excluding steroid dienone is 1. The summed E-state index contributed by atoms with van der Waals surface area (Å²) in [5.74, 6) is 1.07. The van der Waals surface area contributed by atoms with Gasteiger partial charge in [-0.2, -0.15) is 0 Å². The normalized spacial score (nSPS) is 19.5. The van der Waals surface area contributed by atoms with Crippen molar-refractivity contribution in [3.8, 4) is 11.5 Å². The Morgan fingerprint density at radius 1 is 1.29 bits per heavy atom. The molecular formula is C21H26O3. The lowest BCUT2D eigenvalue weighted by atomic mass is 9.87. The topological polar surface area (TPSA) is 38.7 Å². The summed E-state index contributed by atoms with van der Waals surface area (Å²) in [4.78, 5) is 0. The van der Waals surface area contributed by atoms with E-state index in [2.05, 4.69) is 45.0 Å². The summed E-state index contributed by atoms with van der Waals surface area (Å²) in [6.45, 7) is 10.3. The Balaban J connectivity index is 2.37. The van der Waals surface area contributed by atoms with Crippen LogP contribution < -0.4 is 4.74 Å². The van der Waals surface area contributed by atoms with Crippen molar-refractivity contribution in [2.24, 2.45) is 0 Å². The van der Waals surface area contributed by atoms with Gasteiger partial charge in [0.25, 0.3) is 0 Å². The number of methoxy groups -OCH3 is 1. The van der Waals surface area contributed by atoms with Crippen LogP contribution >= 0.6 is 0 Å². The van der Waals surface area contributed by atoms with E-state index in [1.165, 1.54) is 0 Å². The van der Waals surface area contributed by atoms with E-state index in [1.807, 2.05) is 13.8 Å². The number of phenols is 1. The van der Waals surface area contributed by atoms with Crippen LogP contribution in [-0.4, -0.2) is 18.3 Å². The van der Waals surface area contributed by atoms with Crippen LogP contribution in [0.2, 0.25) is 0 Å². The Morgan fingerprint density at radius 3 is 2.58 bits per heavy atom. The van der Waals surface area contributed by atoms with Gasteiger partial charge in [0.05, 0.1) is 0 Å². The fourth-order valence-electron chi connectivity index (χ4n) is 3.59. The number of rotatable bonds is 3. The molecule has 1 heterocycles. The maximum atomic E-state index is 10.8. The maximum Gasteiger partial charge on any atom is 0.170 e. The standard InChI is InChI=1S/C21H26O3/c1-11(2)9-16-20(23-6)17-13(5)7-8-14-10-15(12(3)4)19(22)21(24-16)18(14)17/h7-10,12,16,20,22H,1-6H3/t16-,20+/m1/s1. The molecule has 2 aromatic rings. The van der Waals surface area contributed by atoms with Gasteiger partial charge in [0, 0.05) is 18.1 Å². The average molecular weight is 326 g/mol. The summed E-state index contributed by atoms with van der Waals surface area (Å²) >= 11 is 0. The molecule has 3 heteroatoms. The Labute approximate surface area is 143 Å². The predicted octanol–water partition coefficient (Wildman–Crippen LogP) is 5.39. The number of ether oxygens (including phenoxy) is 2. The second-order valence-corrected chi connectivity index (χ2v) is 7.18. The zero-order chi connectivity index (χ0) is 17.6. The van der Waals surface area contributed by atoms with Crippen LogP contribution in [-0.2, 0) is 4.74 Å². The number of aryl methyl sites for hydroxylation is 1. The highest BCUT2D eigenvalue weighted by atomic mass is 16.5. The fourth-order valence-corrected chi connectivity index (χ4v) is 3.59. The van der Waals surface area contributed by atoms with Crippen LogP contribution in [0.25, 0.3) is 10.8 Å². The van der Waals surface area contributed by atoms with Crippen LogP contribution in [0, 0.1) is 6.92 Å². The first-order valence-electron chi connectivity index (χ1n) is 8.48. The van der Waals surface area contributed by atoms with E-state index in [4.69, 9.17) is 9.47 Å². The molecule has 2 atom stereocenters. The summed E-state index contributed by atoms with van der Waals surface area (Å²) < 4.78 is 12.0. The molecule has 128 valence electrons. The molecule has 1 N–H and O–H groups in total. The Hall–Kier alpha value is -2.00. The Morgan fingerprint density at radius 2 is 2.00 bits per heavy atom. The average Bonchev–Trinajstić information content (AvgIpc) is 2.51. The van der Waals surface area contributed by atoms with Crippen LogP contribution in [0.15, 0.2) is 29.8 Å². The van der Waals surface area contributed by atoms with Crippen molar-refractivity contribution in [1.82, 2.24) is 0 Å². The molecule has 0 fully saturated rings. The van der Waals surface area contributed by atoms with E-state index in [1.54, 1.807) is 7.11 Å². The van der Waals surface area contributed by atoms with Crippen molar-refractivity contribution < 1.29 is 14.6 Å². The van der Waals surface area contributed by atoms with Crippen molar-refractivity contribution in [2.75, 3.05) is 7.11 Å². The lowest BCUT2D eigenvalue weighted by molar-refractivity contribution is 0.0172. The van der Waals surface area contributed by atoms with Crippen molar-refractivity contribution in [2.45, 2.75) is 52.7 Å². The first-order chi connectivity index (χ1) is 11.3. The third kappa shape index (κ3) is 2.57. The minimum atomic E-state index is -0.245. The van der Waals surface area contributed by atoms with Crippen molar-refractivity contribution >= 4 is 10.8 Å². The fraction of sp³-hybridized carbons (Fsp3) is 0.429. The maximum absolute atomic E-state index is 10.8. The molecule has 0 saturated carbocycles. The number of phenolic OH excluding ortho intramolecular Hbond substituents is 1. The van der Waals surface area contributed by atoms with Crippen molar-refractivity contribution in [1.29, 1.82) is 0 Å². The second kappa shape index (κ2) is 6.14. The molecule has 0 amide bonds. The first kappa shape index (κ1) is 16.8. The monoisotopic (exact) mass is 326 g/mol. The smallest absolute Gasteiger partial charge is 0.170 e. The van der Waals surface area contributed by atoms with E-state index in [9.17, 15) is 5.11 Å². The Kier molecular flexibility index (Phi) is 4.31. The largest absolute Gasteiger partial charge is 0.504 e. The molecule has 3 rings (SSSR count). The molecule has 0 unspecified atom stereocenters. The zero-order valence-electron chi connectivity index (χ0n) is 15.3. The third-order valence-corrected chi connectivity index (χ3v) is 4.73. The summed E-state index contributed by atoms with van der Waals surface area (Å²) in [7, 11) is 1.71. The van der Waals surface area contributed by atoms with Crippen LogP contribution in [0.3, 0.4) is 0 Å². The van der Waals surface area contributed by atoms with Crippen LogP contribution in [0.5, 0.6) is 11.5 Å². The van der Waals surface area contributed by atoms with E-state index in [0.29, 0.717) is 5.75 Å². The quantitative estimate of drug-likeness (QED) is 0.768. The van der Waals surface area contributed by atoms with Crippen LogP contribution in [0.4, 0.5) is 0 Å². The minimum Gasteiger partial charge on any atom is -0.504 e. The van der Waals surface area contributed by atoms with Gasteiger partial charge in [0.1, 0.15) is 12.2 Å². The third-order valence-electron chi connectivity index (χ3n) is 4.73. The minimum absolute atomic E-state index is 0.180. The molecule has 1 aliphatic rings. The van der Waals surface area contributed by atoms with Crippen molar-refractivity contribution in [3.63, 3.8) is 0 Å². The molecule has 1 aliphatic heterocycles. The number of aromatic hydroxyl groups is 1. The zero-order valence-corrected chi connectivity index (χ0v) is 15.3. The molecule has 24 heavy (non-hydrogen) atoms. The van der Waals surface area contributed by atoms with E-state index in [-0.39, 0.29) is 23.9 Å². The summed E-state index contributed by atoms with van der Waals surface area (Å²) in [6.07, 6.45) is 1.64. The van der Waals surface area contributed by atoms with Gasteiger partial charge < -0.3 is 14.6 Å². The van der Waals surface area contributed by atoms with E-state index >= 15 is 0 Å². The molecule has 2 aromatic carbocycles. The van der Waals surface area contributed by atoms with Crippen molar-refractivity contribution in [3.05, 3.63) is 46.5 Å². The molecular weight excluding hydrogens is 300 g/mol. The van der Waals surface area contributed by atoms with Gasteiger partial charge in [-0.3, -0.25) is 0 Å². The lowest BCUT2D eigenvalue weighted by Gasteiger charge is -2.34. The summed E-state index contributed by atoms with van der Waals surface area (Å²) in [5, 5.41) is 12.9. The SMILES string of the molecule is CO[C@@H]1c2c(C)ccc3cc(C(C)C)c(O)c(c23)O[C@@H]1C=C(C)C. The van der Waals surface area contributed by atoms with Gasteiger partial charge in [0.15, 0.2) is 11.5 Å². The molecule has 0 spiro atoms. The van der Waals surface area contributed by atoms with Gasteiger partial charge in [0.2, 0.25) is 0 Å². The molecule has 0 radical (unpaired) electrons. The Bertz CT molecular complexity index is 814. The molecule has 0 saturated heterocycles. The lowest BCUT2D eigenvalue weighted by Crippen LogP contribution is -2.29. The summed E-state index contributed by atoms with van der Waals surface area (Å²) in [6, 6.07) is 6.29.